The van der Waals surface area contributed by atoms with Crippen LogP contribution >= 0.6 is 0 Å². The summed E-state index contributed by atoms with van der Waals surface area (Å²) in [4.78, 5) is 26.3. The quantitative estimate of drug-likeness (QED) is 0.366. The first kappa shape index (κ1) is 18.5. The van der Waals surface area contributed by atoms with Crippen molar-refractivity contribution in [2.75, 3.05) is 11.9 Å². The Bertz CT molecular complexity index is 567. The van der Waals surface area contributed by atoms with Crippen molar-refractivity contribution in [2.45, 2.75) is 38.8 Å². The highest BCUT2D eigenvalue weighted by Crippen LogP contribution is 2.09. The maximum Gasteiger partial charge on any atom is 0.243 e. The third-order valence-electron chi connectivity index (χ3n) is 3.17. The van der Waals surface area contributed by atoms with Crippen molar-refractivity contribution in [1.29, 1.82) is 0 Å². The molecule has 124 valence electrons. The molecular weight excluding hydrogens is 298 g/mol. The van der Waals surface area contributed by atoms with Crippen molar-refractivity contribution >= 4 is 17.5 Å². The molecule has 0 aromatic heterocycles. The second kappa shape index (κ2) is 10.2. The van der Waals surface area contributed by atoms with Crippen LogP contribution in [0.5, 0.6) is 0 Å². The van der Waals surface area contributed by atoms with E-state index < -0.39 is 11.9 Å². The average Bonchev–Trinajstić information content (AvgIpc) is 2.57. The minimum atomic E-state index is -0.795. The number of anilines is 1. The summed E-state index contributed by atoms with van der Waals surface area (Å²) in [6.45, 7) is 1.70. The van der Waals surface area contributed by atoms with E-state index in [-0.39, 0.29) is 19.1 Å². The van der Waals surface area contributed by atoms with E-state index in [2.05, 4.69) is 20.7 Å². The number of hydrogen-bond donors (Lipinski definition) is 3. The second-order valence-corrected chi connectivity index (χ2v) is 4.98. The Hall–Kier alpha value is -2.57. The van der Waals surface area contributed by atoms with Gasteiger partial charge in [0.1, 0.15) is 6.04 Å². The summed E-state index contributed by atoms with van der Waals surface area (Å²) >= 11 is 0. The molecule has 0 spiro atoms. The molecule has 0 aliphatic carbocycles. The van der Waals surface area contributed by atoms with Gasteiger partial charge in [0.2, 0.25) is 11.8 Å². The van der Waals surface area contributed by atoms with Crippen molar-refractivity contribution in [3.05, 3.63) is 40.3 Å². The van der Waals surface area contributed by atoms with E-state index in [4.69, 9.17) is 10.6 Å². The van der Waals surface area contributed by atoms with Gasteiger partial charge in [-0.1, -0.05) is 37.0 Å². The van der Waals surface area contributed by atoms with Crippen LogP contribution in [0.2, 0.25) is 0 Å². The van der Waals surface area contributed by atoms with Gasteiger partial charge in [-0.3, -0.25) is 9.59 Å². The maximum atomic E-state index is 11.9. The molecule has 0 saturated carbocycles. The summed E-state index contributed by atoms with van der Waals surface area (Å²) in [6.07, 6.45) is 2.10. The van der Waals surface area contributed by atoms with E-state index in [0.29, 0.717) is 12.1 Å². The summed E-state index contributed by atoms with van der Waals surface area (Å²) in [7, 11) is 0. The number of hydrogen-bond acceptors (Lipinski definition) is 4. The molecule has 8 nitrogen and oxygen atoms in total. The molecular formula is C15H21N5O3. The van der Waals surface area contributed by atoms with E-state index in [1.165, 1.54) is 0 Å². The van der Waals surface area contributed by atoms with Crippen molar-refractivity contribution in [3.8, 4) is 0 Å². The van der Waals surface area contributed by atoms with Gasteiger partial charge in [0.05, 0.1) is 13.2 Å². The summed E-state index contributed by atoms with van der Waals surface area (Å²) in [6, 6.07) is 5.91. The Morgan fingerprint density at radius 2 is 2.04 bits per heavy atom. The van der Waals surface area contributed by atoms with Gasteiger partial charge in [0.15, 0.2) is 0 Å². The van der Waals surface area contributed by atoms with Gasteiger partial charge < -0.3 is 15.7 Å². The molecule has 2 amide bonds. The van der Waals surface area contributed by atoms with Gasteiger partial charge in [-0.25, -0.2) is 0 Å². The number of aliphatic hydroxyl groups is 1. The van der Waals surface area contributed by atoms with Crippen LogP contribution in [0.3, 0.4) is 0 Å². The first-order valence-corrected chi connectivity index (χ1v) is 7.42. The number of amides is 2. The van der Waals surface area contributed by atoms with Crippen molar-refractivity contribution in [2.24, 2.45) is 5.11 Å². The average molecular weight is 319 g/mol. The number of unbranched alkanes of at least 4 members (excludes halogenated alkanes) is 1. The molecule has 1 aromatic rings. The minimum Gasteiger partial charge on any atom is -0.392 e. The topological polar surface area (TPSA) is 127 Å². The van der Waals surface area contributed by atoms with Crippen LogP contribution in [0, 0.1) is 0 Å². The van der Waals surface area contributed by atoms with Crippen molar-refractivity contribution < 1.29 is 14.7 Å². The van der Waals surface area contributed by atoms with E-state index in [9.17, 15) is 9.59 Å². The molecule has 23 heavy (non-hydrogen) atoms. The summed E-state index contributed by atoms with van der Waals surface area (Å²) in [5.74, 6) is -0.840. The van der Waals surface area contributed by atoms with Crippen LogP contribution in [0.25, 0.3) is 10.4 Å². The molecule has 0 bridgehead atoms. The van der Waals surface area contributed by atoms with E-state index in [1.54, 1.807) is 24.3 Å². The summed E-state index contributed by atoms with van der Waals surface area (Å²) in [5.41, 5.74) is 9.79. The predicted molar refractivity (Wildman–Crippen MR) is 86.5 cm³/mol. The number of aliphatic hydroxyl groups excluding tert-OH is 1. The van der Waals surface area contributed by atoms with Crippen LogP contribution in [0.1, 0.15) is 31.7 Å². The molecule has 0 saturated heterocycles. The lowest BCUT2D eigenvalue weighted by molar-refractivity contribution is -0.125. The van der Waals surface area contributed by atoms with Crippen LogP contribution < -0.4 is 10.6 Å². The molecule has 1 rings (SSSR count). The molecule has 1 atom stereocenters. The molecule has 1 aromatic carbocycles. The summed E-state index contributed by atoms with van der Waals surface area (Å²) in [5, 5.41) is 17.5. The number of rotatable bonds is 9. The van der Waals surface area contributed by atoms with Crippen molar-refractivity contribution in [1.82, 2.24) is 5.32 Å². The fourth-order valence-corrected chi connectivity index (χ4v) is 1.88. The number of carbonyl (C=O) groups is 2. The second-order valence-electron chi connectivity index (χ2n) is 4.98. The molecule has 0 heterocycles. The third kappa shape index (κ3) is 6.82. The smallest absolute Gasteiger partial charge is 0.243 e. The van der Waals surface area contributed by atoms with Crippen LogP contribution in [0.15, 0.2) is 29.4 Å². The zero-order chi connectivity index (χ0) is 17.1. The van der Waals surface area contributed by atoms with Gasteiger partial charge in [-0.05, 0) is 29.6 Å². The Kier molecular flexibility index (Phi) is 8.20. The number of carbonyl (C=O) groups excluding carboxylic acids is 2. The predicted octanol–water partition coefficient (Wildman–Crippen LogP) is 2.10. The van der Waals surface area contributed by atoms with Gasteiger partial charge >= 0.3 is 0 Å². The summed E-state index contributed by atoms with van der Waals surface area (Å²) < 4.78 is 0. The van der Waals surface area contributed by atoms with Crippen molar-refractivity contribution in [3.63, 3.8) is 0 Å². The lowest BCUT2D eigenvalue weighted by Gasteiger charge is -2.11. The number of nitrogens with one attached hydrogen (secondary N) is 2. The molecule has 8 heteroatoms. The maximum absolute atomic E-state index is 11.9. The standard InChI is InChI=1S/C15H21N5O3/c1-2-3-4-13(19-20-16)15(23)17-9-14(22)18-12-7-5-11(10-21)6-8-12/h5-8,13,21H,2-4,9-10H2,1H3,(H,17,23)(H,18,22). The van der Waals surface area contributed by atoms with Crippen LogP contribution in [-0.2, 0) is 16.2 Å². The van der Waals surface area contributed by atoms with E-state index in [0.717, 1.165) is 18.4 Å². The first-order chi connectivity index (χ1) is 11.1. The Balaban J connectivity index is 2.46. The van der Waals surface area contributed by atoms with Gasteiger partial charge in [0.25, 0.3) is 0 Å². The lowest BCUT2D eigenvalue weighted by atomic mass is 10.1. The molecule has 3 N–H and O–H groups in total. The highest BCUT2D eigenvalue weighted by Gasteiger charge is 2.16. The van der Waals surface area contributed by atoms with E-state index >= 15 is 0 Å². The normalized spacial score (nSPS) is 11.2. The highest BCUT2D eigenvalue weighted by atomic mass is 16.3. The molecule has 1 unspecified atom stereocenters. The van der Waals surface area contributed by atoms with Crippen LogP contribution in [-0.4, -0.2) is 29.5 Å². The number of benzene rings is 1. The zero-order valence-electron chi connectivity index (χ0n) is 13.0. The number of azide groups is 1. The van der Waals surface area contributed by atoms with Gasteiger partial charge in [-0.15, -0.1) is 0 Å². The molecule has 0 radical (unpaired) electrons. The molecule has 0 fully saturated rings. The van der Waals surface area contributed by atoms with Crippen LogP contribution in [0.4, 0.5) is 5.69 Å². The van der Waals surface area contributed by atoms with Gasteiger partial charge in [-0.2, -0.15) is 0 Å². The highest BCUT2D eigenvalue weighted by molar-refractivity contribution is 5.95. The fourth-order valence-electron chi connectivity index (χ4n) is 1.88. The molecule has 0 aliphatic heterocycles. The third-order valence-corrected chi connectivity index (χ3v) is 3.17. The van der Waals surface area contributed by atoms with E-state index in [1.807, 2.05) is 6.92 Å². The number of nitrogens with zero attached hydrogens (tertiary/aromatic N) is 3. The Labute approximate surface area is 134 Å². The Morgan fingerprint density at radius 1 is 1.35 bits per heavy atom. The van der Waals surface area contributed by atoms with Gasteiger partial charge in [0, 0.05) is 10.6 Å². The largest absolute Gasteiger partial charge is 0.392 e. The Morgan fingerprint density at radius 3 is 2.61 bits per heavy atom. The lowest BCUT2D eigenvalue weighted by Crippen LogP contribution is -2.38. The monoisotopic (exact) mass is 319 g/mol. The fraction of sp³-hybridized carbons (Fsp3) is 0.467. The minimum absolute atomic E-state index is 0.0666. The SMILES string of the molecule is CCCCC(N=[N+]=[N-])C(=O)NCC(=O)Nc1ccc(CO)cc1. The zero-order valence-corrected chi connectivity index (χ0v) is 13.0. The first-order valence-electron chi connectivity index (χ1n) is 7.42. The molecule has 0 aliphatic rings.